The van der Waals surface area contributed by atoms with Crippen LogP contribution >= 0.6 is 0 Å². The topological polar surface area (TPSA) is 80.8 Å². The van der Waals surface area contributed by atoms with Gasteiger partial charge in [-0.05, 0) is 25.2 Å². The Kier molecular flexibility index (Phi) is 2.98. The average molecular weight is 247 g/mol. The van der Waals surface area contributed by atoms with Crippen LogP contribution in [0, 0.1) is 17.8 Å². The number of hydroxylamine groups is 2. The van der Waals surface area contributed by atoms with E-state index >= 15 is 0 Å². The molecule has 6 nitrogen and oxygen atoms in total. The number of hydrogen-bond donors (Lipinski definition) is 1. The Hall–Kier alpha value is -0.950. The molecular formula is C9H13NO5S. The van der Waals surface area contributed by atoms with Gasteiger partial charge in [0.25, 0.3) is 22.8 Å². The molecule has 3 atom stereocenters. The standard InChI is InChI=1S/C9H13NO5S/c1-5-2-3-6-7(4-5)9(12)10(8(6)11)15-16(13)14/h5-7,16H,2-4H2,1H3. The molecule has 1 heterocycles. The van der Waals surface area contributed by atoms with E-state index < -0.39 is 34.6 Å². The monoisotopic (exact) mass is 247 g/mol. The number of carbonyl (C=O) groups is 2. The molecule has 16 heavy (non-hydrogen) atoms. The smallest absolute Gasteiger partial charge is 0.272 e. The quantitative estimate of drug-likeness (QED) is 0.543. The number of thiol groups is 1. The number of fused-ring (bicyclic) bond motifs is 1. The summed E-state index contributed by atoms with van der Waals surface area (Å²) in [6, 6.07) is 0. The van der Waals surface area contributed by atoms with E-state index in [0.29, 0.717) is 23.8 Å². The number of carbonyl (C=O) groups excluding carboxylic acids is 2. The summed E-state index contributed by atoms with van der Waals surface area (Å²) in [5.41, 5.74) is 0. The molecule has 2 aliphatic rings. The van der Waals surface area contributed by atoms with Crippen molar-refractivity contribution >= 4 is 22.8 Å². The minimum Gasteiger partial charge on any atom is -0.272 e. The van der Waals surface area contributed by atoms with Crippen molar-refractivity contribution < 1.29 is 22.3 Å². The Balaban J connectivity index is 2.20. The molecule has 0 spiro atoms. The van der Waals surface area contributed by atoms with E-state index in [2.05, 4.69) is 4.28 Å². The summed E-state index contributed by atoms with van der Waals surface area (Å²) in [5.74, 6) is -1.43. The third-order valence-electron chi connectivity index (χ3n) is 3.30. The van der Waals surface area contributed by atoms with Gasteiger partial charge in [0, 0.05) is 0 Å². The van der Waals surface area contributed by atoms with Crippen LogP contribution in [0.25, 0.3) is 0 Å². The van der Waals surface area contributed by atoms with Gasteiger partial charge in [-0.25, -0.2) is 8.42 Å². The highest BCUT2D eigenvalue weighted by atomic mass is 32.2. The number of hydrogen-bond acceptors (Lipinski definition) is 5. The molecular weight excluding hydrogens is 234 g/mol. The summed E-state index contributed by atoms with van der Waals surface area (Å²) in [4.78, 5) is 23.4. The first-order valence-electron chi connectivity index (χ1n) is 5.21. The molecule has 0 bridgehead atoms. The summed E-state index contributed by atoms with van der Waals surface area (Å²) < 4.78 is 25.0. The van der Waals surface area contributed by atoms with Crippen LogP contribution in [0.4, 0.5) is 0 Å². The van der Waals surface area contributed by atoms with Crippen molar-refractivity contribution in [3.05, 3.63) is 0 Å². The van der Waals surface area contributed by atoms with Gasteiger partial charge in [-0.2, -0.15) is 0 Å². The van der Waals surface area contributed by atoms with E-state index in [4.69, 9.17) is 0 Å². The number of amides is 2. The van der Waals surface area contributed by atoms with Crippen LogP contribution in [0.3, 0.4) is 0 Å². The second-order valence-electron chi connectivity index (χ2n) is 4.41. The van der Waals surface area contributed by atoms with Crippen LogP contribution in [0.1, 0.15) is 26.2 Å². The number of rotatable bonds is 2. The summed E-state index contributed by atoms with van der Waals surface area (Å²) in [5, 5.41) is 0.416. The fourth-order valence-corrected chi connectivity index (χ4v) is 2.80. The van der Waals surface area contributed by atoms with Gasteiger partial charge in [0.15, 0.2) is 0 Å². The lowest BCUT2D eigenvalue weighted by atomic mass is 9.76. The summed E-state index contributed by atoms with van der Waals surface area (Å²) in [6.07, 6.45) is 2.15. The van der Waals surface area contributed by atoms with Crippen LogP contribution in [0.15, 0.2) is 0 Å². The lowest BCUT2D eigenvalue weighted by Gasteiger charge is -2.25. The summed E-state index contributed by atoms with van der Waals surface area (Å²) in [7, 11) is -3.22. The Bertz CT molecular complexity index is 397. The largest absolute Gasteiger partial charge is 0.278 e. The van der Waals surface area contributed by atoms with E-state index in [1.165, 1.54) is 0 Å². The van der Waals surface area contributed by atoms with Crippen molar-refractivity contribution in [1.29, 1.82) is 0 Å². The first-order valence-corrected chi connectivity index (χ1v) is 6.30. The first-order chi connectivity index (χ1) is 7.50. The highest BCUT2D eigenvalue weighted by Crippen LogP contribution is 2.40. The maximum atomic E-state index is 11.7. The number of nitrogens with zero attached hydrogens (tertiary/aromatic N) is 1. The molecule has 2 amide bonds. The highest BCUT2D eigenvalue weighted by Gasteiger charge is 2.50. The van der Waals surface area contributed by atoms with Crippen molar-refractivity contribution in [2.45, 2.75) is 26.2 Å². The normalized spacial score (nSPS) is 34.6. The molecule has 90 valence electrons. The van der Waals surface area contributed by atoms with Crippen LogP contribution in [0.5, 0.6) is 0 Å². The molecule has 2 fully saturated rings. The van der Waals surface area contributed by atoms with Gasteiger partial charge >= 0.3 is 0 Å². The molecule has 1 saturated carbocycles. The Morgan fingerprint density at radius 1 is 1.19 bits per heavy atom. The van der Waals surface area contributed by atoms with Gasteiger partial charge in [-0.15, -0.1) is 9.35 Å². The third-order valence-corrected chi connectivity index (χ3v) is 3.59. The SMILES string of the molecule is CC1CCC2C(=O)N(O[SH](=O)=O)C(=O)C2C1. The highest BCUT2D eigenvalue weighted by molar-refractivity contribution is 7.67. The fraction of sp³-hybridized carbons (Fsp3) is 0.778. The van der Waals surface area contributed by atoms with Gasteiger partial charge in [0.1, 0.15) is 0 Å². The van der Waals surface area contributed by atoms with Crippen molar-refractivity contribution in [1.82, 2.24) is 5.06 Å². The predicted molar refractivity (Wildman–Crippen MR) is 53.2 cm³/mol. The minimum atomic E-state index is -3.22. The van der Waals surface area contributed by atoms with E-state index in [1.54, 1.807) is 0 Å². The van der Waals surface area contributed by atoms with Crippen molar-refractivity contribution in [3.63, 3.8) is 0 Å². The number of imide groups is 1. The van der Waals surface area contributed by atoms with Gasteiger partial charge < -0.3 is 0 Å². The van der Waals surface area contributed by atoms with Gasteiger partial charge in [0.2, 0.25) is 0 Å². The van der Waals surface area contributed by atoms with Crippen molar-refractivity contribution in [2.75, 3.05) is 0 Å². The van der Waals surface area contributed by atoms with Crippen LogP contribution in [-0.2, 0) is 24.9 Å². The molecule has 0 aromatic heterocycles. The lowest BCUT2D eigenvalue weighted by Crippen LogP contribution is -2.30. The Morgan fingerprint density at radius 2 is 1.81 bits per heavy atom. The molecule has 1 aliphatic heterocycles. The molecule has 1 saturated heterocycles. The zero-order valence-electron chi connectivity index (χ0n) is 8.79. The lowest BCUT2D eigenvalue weighted by molar-refractivity contribution is -0.164. The van der Waals surface area contributed by atoms with E-state index in [9.17, 15) is 18.0 Å². The maximum absolute atomic E-state index is 11.7. The zero-order chi connectivity index (χ0) is 11.9. The van der Waals surface area contributed by atoms with Crippen molar-refractivity contribution in [3.8, 4) is 0 Å². The molecule has 3 unspecified atom stereocenters. The Labute approximate surface area is 94.7 Å². The molecule has 0 radical (unpaired) electrons. The van der Waals surface area contributed by atoms with Gasteiger partial charge in [-0.1, -0.05) is 6.92 Å². The van der Waals surface area contributed by atoms with E-state index in [1.807, 2.05) is 6.92 Å². The molecule has 0 aromatic carbocycles. The minimum absolute atomic E-state index is 0.388. The predicted octanol–water partition coefficient (Wildman–Crippen LogP) is -0.134. The first kappa shape index (κ1) is 11.5. The van der Waals surface area contributed by atoms with Crippen LogP contribution in [-0.4, -0.2) is 25.3 Å². The summed E-state index contributed by atoms with van der Waals surface area (Å²) in [6.45, 7) is 2.02. The average Bonchev–Trinajstić information content (AvgIpc) is 2.43. The molecule has 0 aromatic rings. The second kappa shape index (κ2) is 4.14. The van der Waals surface area contributed by atoms with Gasteiger partial charge in [-0.3, -0.25) is 9.59 Å². The molecule has 2 rings (SSSR count). The fourth-order valence-electron chi connectivity index (χ4n) is 2.51. The zero-order valence-corrected chi connectivity index (χ0v) is 9.68. The van der Waals surface area contributed by atoms with Crippen LogP contribution < -0.4 is 0 Å². The maximum Gasteiger partial charge on any atom is 0.278 e. The van der Waals surface area contributed by atoms with Gasteiger partial charge in [0.05, 0.1) is 11.8 Å². The second-order valence-corrected chi connectivity index (χ2v) is 5.02. The summed E-state index contributed by atoms with van der Waals surface area (Å²) >= 11 is 0. The molecule has 7 heteroatoms. The third kappa shape index (κ3) is 1.84. The van der Waals surface area contributed by atoms with Crippen molar-refractivity contribution in [2.24, 2.45) is 17.8 Å². The van der Waals surface area contributed by atoms with E-state index in [0.717, 1.165) is 6.42 Å². The molecule has 0 N–H and O–H groups in total. The Morgan fingerprint density at radius 3 is 2.44 bits per heavy atom. The van der Waals surface area contributed by atoms with E-state index in [-0.39, 0.29) is 0 Å². The van der Waals surface area contributed by atoms with Crippen LogP contribution in [0.2, 0.25) is 0 Å². The molecule has 1 aliphatic carbocycles.